The minimum atomic E-state index is -1.84. The van der Waals surface area contributed by atoms with Gasteiger partial charge in [-0.3, -0.25) is 4.79 Å². The van der Waals surface area contributed by atoms with E-state index in [2.05, 4.69) is 5.32 Å². The molecule has 0 saturated carbocycles. The molecule has 2 aliphatic rings. The maximum Gasteiger partial charge on any atom is 0.336 e. The maximum absolute atomic E-state index is 14.3. The summed E-state index contributed by atoms with van der Waals surface area (Å²) in [6.07, 6.45) is -1.48. The number of ketones is 1. The normalized spacial score (nSPS) is 20.5. The van der Waals surface area contributed by atoms with Crippen molar-refractivity contribution >= 4 is 11.8 Å². The van der Waals surface area contributed by atoms with Gasteiger partial charge in [-0.1, -0.05) is 0 Å². The number of hydrogen-bond donors (Lipinski definition) is 1. The molecule has 0 aromatic heterocycles. The molecule has 0 unspecified atom stereocenters. The third-order valence-corrected chi connectivity index (χ3v) is 4.81. The van der Waals surface area contributed by atoms with Crippen molar-refractivity contribution in [3.05, 3.63) is 57.4 Å². The molecular formula is C19H17F4NO3. The third kappa shape index (κ3) is 3.13. The van der Waals surface area contributed by atoms with E-state index in [1.807, 2.05) is 0 Å². The first-order valence-corrected chi connectivity index (χ1v) is 8.33. The largest absolute Gasteiger partial charge is 0.466 e. The number of esters is 1. The standard InChI is InChI=1S/C19H17F4NO3/c1-8(21)15-10(5-9(22)6-11(15)23)16-17-12(3-4-14(17)25)24-13(7-20)18(16)19(26)27-2/h5-6,8,16,24H,3-4,7H2,1-2H3/t8-,16-/m0/s1. The van der Waals surface area contributed by atoms with Gasteiger partial charge in [0.15, 0.2) is 5.78 Å². The lowest BCUT2D eigenvalue weighted by Crippen LogP contribution is -2.32. The molecule has 4 nitrogen and oxygen atoms in total. The second-order valence-corrected chi connectivity index (χ2v) is 6.40. The zero-order chi connectivity index (χ0) is 19.9. The molecule has 0 radical (unpaired) electrons. The lowest BCUT2D eigenvalue weighted by atomic mass is 9.77. The molecule has 0 amide bonds. The summed E-state index contributed by atoms with van der Waals surface area (Å²) in [5, 5.41) is 2.72. The van der Waals surface area contributed by atoms with Crippen LogP contribution in [0.1, 0.15) is 43.0 Å². The van der Waals surface area contributed by atoms with Crippen molar-refractivity contribution in [3.8, 4) is 0 Å². The van der Waals surface area contributed by atoms with Crippen LogP contribution in [0.4, 0.5) is 17.6 Å². The van der Waals surface area contributed by atoms with Crippen molar-refractivity contribution < 1.29 is 31.9 Å². The predicted molar refractivity (Wildman–Crippen MR) is 88.0 cm³/mol. The first-order valence-electron chi connectivity index (χ1n) is 8.33. The molecular weight excluding hydrogens is 366 g/mol. The summed E-state index contributed by atoms with van der Waals surface area (Å²) < 4.78 is 60.8. The molecule has 27 heavy (non-hydrogen) atoms. The Bertz CT molecular complexity index is 889. The summed E-state index contributed by atoms with van der Waals surface area (Å²) >= 11 is 0. The van der Waals surface area contributed by atoms with Gasteiger partial charge in [0, 0.05) is 35.2 Å². The van der Waals surface area contributed by atoms with Gasteiger partial charge in [0.1, 0.15) is 24.5 Å². The predicted octanol–water partition coefficient (Wildman–Crippen LogP) is 3.70. The fraction of sp³-hybridized carbons (Fsp3) is 0.368. The Morgan fingerprint density at radius 1 is 1.33 bits per heavy atom. The Morgan fingerprint density at radius 2 is 2.04 bits per heavy atom. The number of Topliss-reactive ketones (excluding diaryl/α,β-unsaturated/α-hetero) is 1. The van der Waals surface area contributed by atoms with Crippen molar-refractivity contribution in [1.29, 1.82) is 0 Å². The van der Waals surface area contributed by atoms with Crippen LogP contribution >= 0.6 is 0 Å². The highest BCUT2D eigenvalue weighted by Crippen LogP contribution is 2.46. The number of halogens is 4. The molecule has 144 valence electrons. The van der Waals surface area contributed by atoms with E-state index in [4.69, 9.17) is 4.74 Å². The number of methoxy groups -OCH3 is 1. The van der Waals surface area contributed by atoms with Gasteiger partial charge in [0.05, 0.1) is 18.4 Å². The van der Waals surface area contributed by atoms with E-state index in [0.717, 1.165) is 20.1 Å². The summed E-state index contributed by atoms with van der Waals surface area (Å²) in [4.78, 5) is 24.8. The molecule has 0 bridgehead atoms. The van der Waals surface area contributed by atoms with Gasteiger partial charge in [-0.2, -0.15) is 0 Å². The van der Waals surface area contributed by atoms with Crippen molar-refractivity contribution in [1.82, 2.24) is 5.32 Å². The SMILES string of the molecule is COC(=O)C1=C(CF)NC2=C(C(=O)CC2)[C@@H]1c1cc(F)cc(F)c1[C@H](C)F. The number of carbonyl (C=O) groups excluding carboxylic acids is 2. The van der Waals surface area contributed by atoms with E-state index in [1.165, 1.54) is 0 Å². The molecule has 1 aromatic rings. The van der Waals surface area contributed by atoms with Gasteiger partial charge < -0.3 is 10.1 Å². The van der Waals surface area contributed by atoms with E-state index in [1.54, 1.807) is 0 Å². The highest BCUT2D eigenvalue weighted by molar-refractivity contribution is 6.05. The fourth-order valence-electron chi connectivity index (χ4n) is 3.74. The van der Waals surface area contributed by atoms with Gasteiger partial charge in [-0.25, -0.2) is 22.4 Å². The number of hydrogen-bond acceptors (Lipinski definition) is 4. The average Bonchev–Trinajstić information content (AvgIpc) is 2.99. The molecule has 3 rings (SSSR count). The molecule has 2 atom stereocenters. The Hall–Kier alpha value is -2.64. The number of nitrogens with one attached hydrogen (secondary N) is 1. The first-order chi connectivity index (χ1) is 12.8. The summed E-state index contributed by atoms with van der Waals surface area (Å²) in [6.45, 7) is -0.0333. The number of ether oxygens (including phenoxy) is 1. The highest BCUT2D eigenvalue weighted by Gasteiger charge is 2.43. The summed E-state index contributed by atoms with van der Waals surface area (Å²) in [7, 11) is 1.06. The number of alkyl halides is 2. The molecule has 1 heterocycles. The molecule has 0 fully saturated rings. The topological polar surface area (TPSA) is 55.4 Å². The van der Waals surface area contributed by atoms with Crippen LogP contribution < -0.4 is 5.32 Å². The van der Waals surface area contributed by atoms with Crippen LogP contribution in [-0.2, 0) is 14.3 Å². The van der Waals surface area contributed by atoms with E-state index in [-0.39, 0.29) is 41.0 Å². The second-order valence-electron chi connectivity index (χ2n) is 6.40. The van der Waals surface area contributed by atoms with Crippen LogP contribution in [0.5, 0.6) is 0 Å². The van der Waals surface area contributed by atoms with Crippen LogP contribution in [0, 0.1) is 11.6 Å². The van der Waals surface area contributed by atoms with Crippen LogP contribution in [-0.4, -0.2) is 25.5 Å². The van der Waals surface area contributed by atoms with E-state index in [9.17, 15) is 27.2 Å². The molecule has 0 spiro atoms. The Labute approximate surface area is 152 Å². The molecule has 1 aromatic carbocycles. The smallest absolute Gasteiger partial charge is 0.336 e. The van der Waals surface area contributed by atoms with Gasteiger partial charge in [0.25, 0.3) is 0 Å². The Balaban J connectivity index is 2.35. The second kappa shape index (κ2) is 7.17. The number of rotatable bonds is 4. The number of allylic oxidation sites excluding steroid dienone is 3. The average molecular weight is 383 g/mol. The van der Waals surface area contributed by atoms with Gasteiger partial charge in [0.2, 0.25) is 0 Å². The van der Waals surface area contributed by atoms with Crippen molar-refractivity contribution in [2.24, 2.45) is 0 Å². The first kappa shape index (κ1) is 19.1. The third-order valence-electron chi connectivity index (χ3n) is 4.81. The zero-order valence-corrected chi connectivity index (χ0v) is 14.7. The molecule has 1 N–H and O–H groups in total. The van der Waals surface area contributed by atoms with Crippen molar-refractivity contribution in [3.63, 3.8) is 0 Å². The molecule has 8 heteroatoms. The lowest BCUT2D eigenvalue weighted by molar-refractivity contribution is -0.136. The molecule has 1 aliphatic heterocycles. The van der Waals surface area contributed by atoms with Crippen LogP contribution in [0.2, 0.25) is 0 Å². The van der Waals surface area contributed by atoms with E-state index >= 15 is 0 Å². The molecule has 1 aliphatic carbocycles. The van der Waals surface area contributed by atoms with Crippen molar-refractivity contribution in [2.75, 3.05) is 13.8 Å². The minimum Gasteiger partial charge on any atom is -0.466 e. The Kier molecular flexibility index (Phi) is 5.08. The number of dihydropyridines is 1. The summed E-state index contributed by atoms with van der Waals surface area (Å²) in [6, 6.07) is 1.40. The monoisotopic (exact) mass is 383 g/mol. The van der Waals surface area contributed by atoms with E-state index in [0.29, 0.717) is 11.8 Å². The van der Waals surface area contributed by atoms with Gasteiger partial charge in [-0.15, -0.1) is 0 Å². The number of benzene rings is 1. The number of carbonyl (C=O) groups is 2. The maximum atomic E-state index is 14.3. The summed E-state index contributed by atoms with van der Waals surface area (Å²) in [5.74, 6) is -4.77. The van der Waals surface area contributed by atoms with E-state index < -0.39 is 41.9 Å². The molecule has 0 saturated heterocycles. The fourth-order valence-corrected chi connectivity index (χ4v) is 3.74. The van der Waals surface area contributed by atoms with Gasteiger partial charge >= 0.3 is 5.97 Å². The summed E-state index contributed by atoms with van der Waals surface area (Å²) in [5.41, 5.74) is -0.706. The Morgan fingerprint density at radius 3 is 2.63 bits per heavy atom. The quantitative estimate of drug-likeness (QED) is 0.636. The highest BCUT2D eigenvalue weighted by atomic mass is 19.1. The minimum absolute atomic E-state index is 0.0829. The zero-order valence-electron chi connectivity index (χ0n) is 14.7. The van der Waals surface area contributed by atoms with Crippen molar-refractivity contribution in [2.45, 2.75) is 31.9 Å². The van der Waals surface area contributed by atoms with Crippen LogP contribution in [0.25, 0.3) is 0 Å². The lowest BCUT2D eigenvalue weighted by Gasteiger charge is -2.30. The van der Waals surface area contributed by atoms with Crippen LogP contribution in [0.3, 0.4) is 0 Å². The van der Waals surface area contributed by atoms with Crippen LogP contribution in [0.15, 0.2) is 34.7 Å². The van der Waals surface area contributed by atoms with Gasteiger partial charge in [-0.05, 0) is 25.0 Å².